The van der Waals surface area contributed by atoms with E-state index in [1.807, 2.05) is 30.3 Å². The first kappa shape index (κ1) is 13.8. The normalized spacial score (nSPS) is 9.95. The van der Waals surface area contributed by atoms with E-state index in [4.69, 9.17) is 17.0 Å². The molecule has 0 unspecified atom stereocenters. The zero-order valence-electron chi connectivity index (χ0n) is 10.1. The van der Waals surface area contributed by atoms with Crippen molar-refractivity contribution in [2.75, 3.05) is 0 Å². The van der Waals surface area contributed by atoms with Crippen LogP contribution in [-0.4, -0.2) is 9.98 Å². The standard InChI is InChI=1S/C15H12O2S2/c16-14(10-15(18)19)11-6-8-13(9-7-11)17-12-4-2-1-3-5-12/h1-9H,10H2,(H,18,19). The molecular weight excluding hydrogens is 276 g/mol. The number of Topliss-reactive ketones (excluding diaryl/α,β-unsaturated/α-hetero) is 1. The maximum atomic E-state index is 11.7. The van der Waals surface area contributed by atoms with Crippen LogP contribution in [0.25, 0.3) is 0 Å². The van der Waals surface area contributed by atoms with Gasteiger partial charge in [-0.05, 0) is 36.4 Å². The first-order chi connectivity index (χ1) is 9.15. The fourth-order valence-electron chi connectivity index (χ4n) is 1.57. The van der Waals surface area contributed by atoms with Crippen LogP contribution in [0, 0.1) is 0 Å². The van der Waals surface area contributed by atoms with Crippen LogP contribution in [0.2, 0.25) is 0 Å². The van der Waals surface area contributed by atoms with Gasteiger partial charge in [0, 0.05) is 5.56 Å². The Morgan fingerprint density at radius 1 is 1.00 bits per heavy atom. The van der Waals surface area contributed by atoms with Crippen molar-refractivity contribution in [1.82, 2.24) is 0 Å². The Hall–Kier alpha value is -1.65. The lowest BCUT2D eigenvalue weighted by Crippen LogP contribution is -2.01. The summed E-state index contributed by atoms with van der Waals surface area (Å²) in [5.41, 5.74) is 0.608. The predicted octanol–water partition coefficient (Wildman–Crippen LogP) is 4.31. The van der Waals surface area contributed by atoms with Crippen molar-refractivity contribution < 1.29 is 9.53 Å². The Morgan fingerprint density at radius 2 is 1.58 bits per heavy atom. The molecule has 0 amide bonds. The van der Waals surface area contributed by atoms with E-state index in [0.29, 0.717) is 15.5 Å². The van der Waals surface area contributed by atoms with Gasteiger partial charge < -0.3 is 4.74 Å². The summed E-state index contributed by atoms with van der Waals surface area (Å²) in [5, 5.41) is 0. The van der Waals surface area contributed by atoms with Crippen LogP contribution in [0.1, 0.15) is 16.8 Å². The first-order valence-electron chi connectivity index (χ1n) is 5.73. The highest BCUT2D eigenvalue weighted by Gasteiger charge is 2.07. The Morgan fingerprint density at radius 3 is 2.16 bits per heavy atom. The Kier molecular flexibility index (Phi) is 4.71. The Bertz CT molecular complexity index is 577. The third-order valence-corrected chi connectivity index (χ3v) is 2.77. The molecule has 0 heterocycles. The summed E-state index contributed by atoms with van der Waals surface area (Å²) in [6.45, 7) is 0. The van der Waals surface area contributed by atoms with E-state index < -0.39 is 0 Å². The number of para-hydroxylation sites is 1. The summed E-state index contributed by atoms with van der Waals surface area (Å²) in [7, 11) is 0. The lowest BCUT2D eigenvalue weighted by atomic mass is 10.1. The minimum absolute atomic E-state index is 0.0359. The van der Waals surface area contributed by atoms with Gasteiger partial charge in [0.05, 0.1) is 10.6 Å². The number of hydrogen-bond donors (Lipinski definition) is 1. The molecule has 0 atom stereocenters. The highest BCUT2D eigenvalue weighted by atomic mass is 32.1. The number of ketones is 1. The lowest BCUT2D eigenvalue weighted by Gasteiger charge is -2.06. The Labute approximate surface area is 122 Å². The van der Waals surface area contributed by atoms with Crippen LogP contribution in [-0.2, 0) is 0 Å². The van der Waals surface area contributed by atoms with Crippen LogP contribution >= 0.6 is 24.8 Å². The number of ether oxygens (including phenoxy) is 1. The van der Waals surface area contributed by atoms with Crippen LogP contribution in [0.15, 0.2) is 54.6 Å². The van der Waals surface area contributed by atoms with E-state index in [1.165, 1.54) is 0 Å². The SMILES string of the molecule is O=C(CC(=S)S)c1ccc(Oc2ccccc2)cc1. The van der Waals surface area contributed by atoms with Gasteiger partial charge in [-0.2, -0.15) is 0 Å². The second kappa shape index (κ2) is 6.50. The van der Waals surface area contributed by atoms with E-state index in [9.17, 15) is 4.79 Å². The fourth-order valence-corrected chi connectivity index (χ4v) is 1.85. The van der Waals surface area contributed by atoms with Crippen LogP contribution in [0.3, 0.4) is 0 Å². The molecule has 2 aromatic carbocycles. The predicted molar refractivity (Wildman–Crippen MR) is 83.5 cm³/mol. The number of thiocarbonyl (C=S) groups is 1. The van der Waals surface area contributed by atoms with Gasteiger partial charge in [0.25, 0.3) is 0 Å². The summed E-state index contributed by atoms with van der Waals surface area (Å²) < 4.78 is 6.04. The molecule has 0 aliphatic heterocycles. The second-order valence-corrected chi connectivity index (χ2v) is 5.27. The molecule has 19 heavy (non-hydrogen) atoms. The topological polar surface area (TPSA) is 26.3 Å². The molecule has 0 saturated carbocycles. The number of carbonyl (C=O) groups excluding carboxylic acids is 1. The van der Waals surface area contributed by atoms with Gasteiger partial charge in [0.2, 0.25) is 0 Å². The Balaban J connectivity index is 2.06. The molecular formula is C15H12O2S2. The summed E-state index contributed by atoms with van der Waals surface area (Å²) in [4.78, 5) is 11.7. The molecule has 2 aromatic rings. The number of hydrogen-bond acceptors (Lipinski definition) is 3. The smallest absolute Gasteiger partial charge is 0.168 e. The first-order valence-corrected chi connectivity index (χ1v) is 6.58. The van der Waals surface area contributed by atoms with Crippen LogP contribution < -0.4 is 4.74 Å². The molecule has 2 rings (SSSR count). The maximum Gasteiger partial charge on any atom is 0.168 e. The summed E-state index contributed by atoms with van der Waals surface area (Å²) in [5.74, 6) is 1.42. The van der Waals surface area contributed by atoms with Crippen molar-refractivity contribution in [3.8, 4) is 11.5 Å². The molecule has 0 saturated heterocycles. The monoisotopic (exact) mass is 288 g/mol. The molecule has 0 aromatic heterocycles. The van der Waals surface area contributed by atoms with Gasteiger partial charge in [-0.15, -0.1) is 12.6 Å². The molecule has 0 aliphatic carbocycles. The molecule has 96 valence electrons. The number of carbonyl (C=O) groups is 1. The van der Waals surface area contributed by atoms with E-state index in [0.717, 1.165) is 5.75 Å². The molecule has 0 N–H and O–H groups in total. The van der Waals surface area contributed by atoms with Crippen LogP contribution in [0.5, 0.6) is 11.5 Å². The van der Waals surface area contributed by atoms with Gasteiger partial charge in [0.1, 0.15) is 11.5 Å². The largest absolute Gasteiger partial charge is 0.457 e. The minimum Gasteiger partial charge on any atom is -0.457 e. The van der Waals surface area contributed by atoms with Crippen molar-refractivity contribution in [2.45, 2.75) is 6.42 Å². The van der Waals surface area contributed by atoms with Crippen molar-refractivity contribution >= 4 is 34.8 Å². The third-order valence-electron chi connectivity index (χ3n) is 2.47. The van der Waals surface area contributed by atoms with E-state index in [2.05, 4.69) is 12.6 Å². The lowest BCUT2D eigenvalue weighted by molar-refractivity contribution is 0.100. The molecule has 0 spiro atoms. The van der Waals surface area contributed by atoms with E-state index in [-0.39, 0.29) is 12.2 Å². The second-order valence-electron chi connectivity index (χ2n) is 3.93. The zero-order valence-corrected chi connectivity index (χ0v) is 11.8. The fraction of sp³-hybridized carbons (Fsp3) is 0.0667. The van der Waals surface area contributed by atoms with Gasteiger partial charge in [0.15, 0.2) is 5.78 Å². The molecule has 4 heteroatoms. The van der Waals surface area contributed by atoms with E-state index in [1.54, 1.807) is 24.3 Å². The minimum atomic E-state index is -0.0359. The maximum absolute atomic E-state index is 11.7. The molecule has 0 fully saturated rings. The van der Waals surface area contributed by atoms with Crippen molar-refractivity contribution in [1.29, 1.82) is 0 Å². The zero-order chi connectivity index (χ0) is 13.7. The van der Waals surface area contributed by atoms with Gasteiger partial charge in [-0.25, -0.2) is 0 Å². The molecule has 0 radical (unpaired) electrons. The van der Waals surface area contributed by atoms with Crippen molar-refractivity contribution in [3.05, 3.63) is 60.2 Å². The van der Waals surface area contributed by atoms with Gasteiger partial charge in [-0.1, -0.05) is 30.4 Å². The average molecular weight is 288 g/mol. The van der Waals surface area contributed by atoms with E-state index >= 15 is 0 Å². The number of benzene rings is 2. The molecule has 0 aliphatic rings. The van der Waals surface area contributed by atoms with Crippen LogP contribution in [0.4, 0.5) is 0 Å². The highest BCUT2D eigenvalue weighted by molar-refractivity contribution is 8.11. The summed E-state index contributed by atoms with van der Waals surface area (Å²) >= 11 is 8.76. The molecule has 0 bridgehead atoms. The summed E-state index contributed by atoms with van der Waals surface area (Å²) in [6, 6.07) is 16.5. The van der Waals surface area contributed by atoms with Gasteiger partial charge in [-0.3, -0.25) is 4.79 Å². The highest BCUT2D eigenvalue weighted by Crippen LogP contribution is 2.21. The van der Waals surface area contributed by atoms with Crippen molar-refractivity contribution in [2.24, 2.45) is 0 Å². The quantitative estimate of drug-likeness (QED) is 0.504. The third kappa shape index (κ3) is 4.19. The van der Waals surface area contributed by atoms with Gasteiger partial charge >= 0.3 is 0 Å². The average Bonchev–Trinajstić information content (AvgIpc) is 2.40. The number of rotatable bonds is 5. The summed E-state index contributed by atoms with van der Waals surface area (Å²) in [6.07, 6.45) is 0.178. The van der Waals surface area contributed by atoms with Crippen molar-refractivity contribution in [3.63, 3.8) is 0 Å². The molecule has 2 nitrogen and oxygen atoms in total. The number of thiol groups is 1.